The Morgan fingerprint density at radius 3 is 1.43 bits per heavy atom. The van der Waals surface area contributed by atoms with Gasteiger partial charge in [-0.15, -0.1) is 0 Å². The Hall–Kier alpha value is -2.62. The molecule has 156 valence electrons. The van der Waals surface area contributed by atoms with Gasteiger partial charge in [-0.3, -0.25) is 9.97 Å². The smallest absolute Gasteiger partial charge is 0.415 e. The van der Waals surface area contributed by atoms with Gasteiger partial charge in [-0.2, -0.15) is 0 Å². The van der Waals surface area contributed by atoms with Crippen molar-refractivity contribution in [3.8, 4) is 11.6 Å². The van der Waals surface area contributed by atoms with Crippen molar-refractivity contribution in [3.63, 3.8) is 0 Å². The third-order valence-corrected chi connectivity index (χ3v) is 5.56. The Bertz CT molecular complexity index is 1100. The molecule has 0 spiro atoms. The summed E-state index contributed by atoms with van der Waals surface area (Å²) in [4.78, 5) is 18.4. The van der Waals surface area contributed by atoms with E-state index in [1.54, 1.807) is 0 Å². The molecular weight excluding hydrogens is 467 g/mol. The molecule has 4 aromatic rings. The van der Waals surface area contributed by atoms with Gasteiger partial charge in [-0.1, -0.05) is 74.7 Å². The standard InChI is InChI=1S/C23H24N6.Pd/c1-15-17(3)28(13-24-15)21-11-7-9-19(26-21)23(5,6)20-10-8-12-22(27-20)29-14-25-16(2)18(29)4;/h7-12H,1-6H3;/q-2;+2. The fraction of sp³-hybridized carbons (Fsp3) is 0.304. The van der Waals surface area contributed by atoms with Gasteiger partial charge in [-0.25, -0.2) is 0 Å². The number of nitrogens with zero attached hydrogens (tertiary/aromatic N) is 6. The van der Waals surface area contributed by atoms with Crippen molar-refractivity contribution in [2.75, 3.05) is 0 Å². The third kappa shape index (κ3) is 3.76. The molecule has 0 fully saturated rings. The van der Waals surface area contributed by atoms with Gasteiger partial charge in [0.1, 0.15) is 0 Å². The van der Waals surface area contributed by atoms with Gasteiger partial charge in [-0.05, 0) is 26.0 Å². The molecule has 0 aromatic carbocycles. The van der Waals surface area contributed by atoms with Crippen LogP contribution < -0.4 is 0 Å². The average Bonchev–Trinajstić information content (AvgIpc) is 3.24. The Kier molecular flexibility index (Phi) is 6.07. The molecule has 6 nitrogen and oxygen atoms in total. The molecule has 4 aromatic heterocycles. The Morgan fingerprint density at radius 2 is 1.10 bits per heavy atom. The number of aryl methyl sites for hydroxylation is 2. The average molecular weight is 491 g/mol. The first-order valence-corrected chi connectivity index (χ1v) is 9.62. The summed E-state index contributed by atoms with van der Waals surface area (Å²) in [6.45, 7) is 12.3. The number of rotatable bonds is 4. The molecule has 0 saturated heterocycles. The van der Waals surface area contributed by atoms with Crippen LogP contribution in [0.5, 0.6) is 0 Å². The van der Waals surface area contributed by atoms with E-state index < -0.39 is 0 Å². The van der Waals surface area contributed by atoms with Gasteiger partial charge in [0.05, 0.1) is 11.6 Å². The maximum absolute atomic E-state index is 4.91. The molecule has 0 radical (unpaired) electrons. The first kappa shape index (κ1) is 22.1. The fourth-order valence-corrected chi connectivity index (χ4v) is 3.25. The second-order valence-corrected chi connectivity index (χ2v) is 7.82. The maximum atomic E-state index is 4.91. The molecule has 4 heterocycles. The Balaban J connectivity index is 0.00000256. The molecule has 30 heavy (non-hydrogen) atoms. The molecular formula is C23H24N6Pd. The first-order valence-electron chi connectivity index (χ1n) is 9.62. The topological polar surface area (TPSA) is 61.4 Å². The van der Waals surface area contributed by atoms with Gasteiger partial charge in [0, 0.05) is 29.5 Å². The summed E-state index contributed by atoms with van der Waals surface area (Å²) in [6.07, 6.45) is 6.04. The zero-order chi connectivity index (χ0) is 20.8. The predicted octanol–water partition coefficient (Wildman–Crippen LogP) is 4.01. The molecule has 0 amide bonds. The Labute approximate surface area is 191 Å². The van der Waals surface area contributed by atoms with Crippen molar-refractivity contribution in [1.82, 2.24) is 29.1 Å². The van der Waals surface area contributed by atoms with Crippen LogP contribution in [0.2, 0.25) is 0 Å². The first-order chi connectivity index (χ1) is 13.8. The third-order valence-electron chi connectivity index (χ3n) is 5.56. The second kappa shape index (κ2) is 8.25. The summed E-state index contributed by atoms with van der Waals surface area (Å²) < 4.78 is 3.79. The number of hydrogen-bond donors (Lipinski definition) is 0. The normalized spacial score (nSPS) is 11.4. The molecule has 0 atom stereocenters. The SMILES string of the molecule is Cc1n[c-]n(-c2cccc(C(C)(C)c3cccc(-n4[c-]nc(C)c4C)n3)n2)c1C.[Pd+2]. The molecule has 7 heteroatoms. The van der Waals surface area contributed by atoms with E-state index in [1.807, 2.05) is 73.2 Å². The van der Waals surface area contributed by atoms with Gasteiger partial charge < -0.3 is 19.1 Å². The van der Waals surface area contributed by atoms with E-state index in [9.17, 15) is 0 Å². The van der Waals surface area contributed by atoms with Crippen LogP contribution in [0.1, 0.15) is 48.0 Å². The number of pyridine rings is 2. The summed E-state index contributed by atoms with van der Waals surface area (Å²) in [5.41, 5.74) is 5.45. The maximum Gasteiger partial charge on any atom is 2.00 e. The van der Waals surface area contributed by atoms with Crippen LogP contribution in [0.15, 0.2) is 36.4 Å². The summed E-state index contributed by atoms with van der Waals surface area (Å²) >= 11 is 0. The van der Waals surface area contributed by atoms with Crippen LogP contribution >= 0.6 is 0 Å². The van der Waals surface area contributed by atoms with Crippen LogP contribution in [-0.4, -0.2) is 29.1 Å². The largest absolute Gasteiger partial charge is 2.00 e. The van der Waals surface area contributed by atoms with Crippen LogP contribution in [0.3, 0.4) is 0 Å². The van der Waals surface area contributed by atoms with Crippen molar-refractivity contribution in [2.45, 2.75) is 47.0 Å². The van der Waals surface area contributed by atoms with E-state index in [0.717, 1.165) is 45.8 Å². The Morgan fingerprint density at radius 1 is 0.700 bits per heavy atom. The zero-order valence-corrected chi connectivity index (χ0v) is 19.5. The van der Waals surface area contributed by atoms with Crippen molar-refractivity contribution in [2.24, 2.45) is 0 Å². The van der Waals surface area contributed by atoms with Crippen molar-refractivity contribution in [3.05, 3.63) is 83.2 Å². The summed E-state index contributed by atoms with van der Waals surface area (Å²) in [7, 11) is 0. The van der Waals surface area contributed by atoms with Crippen molar-refractivity contribution in [1.29, 1.82) is 0 Å². The van der Waals surface area contributed by atoms with Crippen LogP contribution in [-0.2, 0) is 25.8 Å². The minimum Gasteiger partial charge on any atom is -0.415 e. The van der Waals surface area contributed by atoms with E-state index >= 15 is 0 Å². The van der Waals surface area contributed by atoms with E-state index in [4.69, 9.17) is 9.97 Å². The quantitative estimate of drug-likeness (QED) is 0.320. The van der Waals surface area contributed by atoms with Crippen molar-refractivity contribution < 1.29 is 20.4 Å². The predicted molar refractivity (Wildman–Crippen MR) is 111 cm³/mol. The molecule has 0 aliphatic rings. The number of imidazole rings is 2. The molecule has 0 N–H and O–H groups in total. The minimum atomic E-state index is -0.390. The van der Waals surface area contributed by atoms with E-state index in [0.29, 0.717) is 0 Å². The molecule has 0 unspecified atom stereocenters. The van der Waals surface area contributed by atoms with Crippen LogP contribution in [0.4, 0.5) is 0 Å². The van der Waals surface area contributed by atoms with E-state index in [2.05, 4.69) is 36.5 Å². The number of hydrogen-bond acceptors (Lipinski definition) is 4. The molecule has 0 aliphatic carbocycles. The van der Waals surface area contributed by atoms with Gasteiger partial charge in [0.25, 0.3) is 0 Å². The molecule has 4 rings (SSSR count). The van der Waals surface area contributed by atoms with E-state index in [1.165, 1.54) is 0 Å². The van der Waals surface area contributed by atoms with Crippen molar-refractivity contribution >= 4 is 0 Å². The number of aromatic nitrogens is 6. The van der Waals surface area contributed by atoms with Crippen LogP contribution in [0.25, 0.3) is 11.6 Å². The second-order valence-electron chi connectivity index (χ2n) is 7.82. The van der Waals surface area contributed by atoms with Gasteiger partial charge in [0.2, 0.25) is 0 Å². The van der Waals surface area contributed by atoms with E-state index in [-0.39, 0.29) is 25.8 Å². The molecule has 0 aliphatic heterocycles. The molecule has 0 bridgehead atoms. The monoisotopic (exact) mass is 490 g/mol. The minimum absolute atomic E-state index is 0. The zero-order valence-electron chi connectivity index (χ0n) is 18.0. The van der Waals surface area contributed by atoms with Crippen LogP contribution in [0, 0.1) is 40.3 Å². The van der Waals surface area contributed by atoms with Gasteiger partial charge >= 0.3 is 20.4 Å². The summed E-state index contributed by atoms with van der Waals surface area (Å²) in [5, 5.41) is 0. The fourth-order valence-electron chi connectivity index (χ4n) is 3.25. The molecule has 0 saturated carbocycles. The van der Waals surface area contributed by atoms with Gasteiger partial charge in [0.15, 0.2) is 0 Å². The summed E-state index contributed by atoms with van der Waals surface area (Å²) in [5.74, 6) is 1.61. The summed E-state index contributed by atoms with van der Waals surface area (Å²) in [6, 6.07) is 12.1.